The normalized spacial score (nSPS) is 13.7. The number of carbonyl (C=O) groups excluding carboxylic acids is 1. The molecule has 3 N–H and O–H groups in total. The molecule has 7 nitrogen and oxygen atoms in total. The first-order valence-corrected chi connectivity index (χ1v) is 6.92. The van der Waals surface area contributed by atoms with E-state index >= 15 is 0 Å². The first-order chi connectivity index (χ1) is 10.0. The molecular weight excluding hydrogens is 268 g/mol. The molecule has 2 aromatic rings. The molecule has 0 unspecified atom stereocenters. The van der Waals surface area contributed by atoms with Crippen molar-refractivity contribution in [1.29, 1.82) is 0 Å². The Morgan fingerprint density at radius 1 is 1.48 bits per heavy atom. The van der Waals surface area contributed by atoms with Gasteiger partial charge in [-0.2, -0.15) is 0 Å². The van der Waals surface area contributed by atoms with E-state index in [-0.39, 0.29) is 11.8 Å². The lowest BCUT2D eigenvalue weighted by molar-refractivity contribution is -0.118. The Balaban J connectivity index is 2.15. The Morgan fingerprint density at radius 3 is 2.86 bits per heavy atom. The van der Waals surface area contributed by atoms with E-state index in [9.17, 15) is 4.79 Å². The molecule has 1 aromatic carbocycles. The number of anilines is 1. The molecular formula is C14H20N6O. The number of amides is 1. The van der Waals surface area contributed by atoms with Crippen molar-refractivity contribution in [2.24, 2.45) is 18.7 Å². The number of nitrogens with two attached hydrogens (primary N) is 1. The van der Waals surface area contributed by atoms with Gasteiger partial charge in [0.25, 0.3) is 0 Å². The van der Waals surface area contributed by atoms with Gasteiger partial charge in [0.1, 0.15) is 0 Å². The van der Waals surface area contributed by atoms with Crippen LogP contribution in [0.5, 0.6) is 0 Å². The molecule has 0 bridgehead atoms. The average molecular weight is 288 g/mol. The zero-order valence-corrected chi connectivity index (χ0v) is 12.4. The zero-order valence-electron chi connectivity index (χ0n) is 12.4. The highest BCUT2D eigenvalue weighted by Gasteiger charge is 2.19. The Hall–Kier alpha value is -2.28. The average Bonchev–Trinajstić information content (AvgIpc) is 2.92. The number of aromatic nitrogens is 4. The number of nitrogens with one attached hydrogen (secondary N) is 1. The number of hydrogen-bond acceptors (Lipinski definition) is 5. The van der Waals surface area contributed by atoms with E-state index in [1.807, 2.05) is 38.1 Å². The molecule has 0 saturated carbocycles. The minimum Gasteiger partial charge on any atom is -0.325 e. The van der Waals surface area contributed by atoms with E-state index in [2.05, 4.69) is 20.8 Å². The van der Waals surface area contributed by atoms with Crippen LogP contribution in [0.25, 0.3) is 11.4 Å². The fourth-order valence-corrected chi connectivity index (χ4v) is 1.95. The molecule has 0 radical (unpaired) electrons. The van der Waals surface area contributed by atoms with Crippen LogP contribution in [0, 0.1) is 5.92 Å². The Labute approximate surface area is 123 Å². The quantitative estimate of drug-likeness (QED) is 0.861. The van der Waals surface area contributed by atoms with Crippen LogP contribution in [-0.2, 0) is 11.8 Å². The third kappa shape index (κ3) is 3.43. The molecule has 0 saturated heterocycles. The van der Waals surface area contributed by atoms with Gasteiger partial charge in [0.15, 0.2) is 5.82 Å². The zero-order chi connectivity index (χ0) is 15.4. The summed E-state index contributed by atoms with van der Waals surface area (Å²) in [5.41, 5.74) is 7.44. The summed E-state index contributed by atoms with van der Waals surface area (Å²) < 4.78 is 1.58. The summed E-state index contributed by atoms with van der Waals surface area (Å²) in [5.74, 6) is 0.589. The summed E-state index contributed by atoms with van der Waals surface area (Å²) in [7, 11) is 1.76. The maximum absolute atomic E-state index is 12.1. The highest BCUT2D eigenvalue weighted by Crippen LogP contribution is 2.20. The van der Waals surface area contributed by atoms with Crippen molar-refractivity contribution in [3.05, 3.63) is 24.3 Å². The van der Waals surface area contributed by atoms with Gasteiger partial charge in [-0.1, -0.05) is 32.4 Å². The number of carbonyl (C=O) groups is 1. The van der Waals surface area contributed by atoms with Crippen LogP contribution in [0.3, 0.4) is 0 Å². The SMILES string of the molecule is CC[C@H](C)[C@H](N)C(=O)Nc1cccc(-c2nnnn2C)c1. The van der Waals surface area contributed by atoms with Crippen LogP contribution in [-0.4, -0.2) is 32.2 Å². The van der Waals surface area contributed by atoms with Gasteiger partial charge >= 0.3 is 0 Å². The van der Waals surface area contributed by atoms with Crippen LogP contribution in [0.2, 0.25) is 0 Å². The van der Waals surface area contributed by atoms with Crippen molar-refractivity contribution in [2.45, 2.75) is 26.3 Å². The molecule has 0 aliphatic carbocycles. The molecule has 1 heterocycles. The third-order valence-electron chi connectivity index (χ3n) is 3.57. The smallest absolute Gasteiger partial charge is 0.241 e. The van der Waals surface area contributed by atoms with E-state index in [0.29, 0.717) is 11.5 Å². The number of aryl methyl sites for hydroxylation is 1. The number of benzene rings is 1. The van der Waals surface area contributed by atoms with Crippen LogP contribution in [0.15, 0.2) is 24.3 Å². The summed E-state index contributed by atoms with van der Waals surface area (Å²) in [5, 5.41) is 14.2. The van der Waals surface area contributed by atoms with Gasteiger partial charge in [0.2, 0.25) is 5.91 Å². The summed E-state index contributed by atoms with van der Waals surface area (Å²) in [6.07, 6.45) is 0.860. The molecule has 2 rings (SSSR count). The minimum atomic E-state index is -0.518. The summed E-state index contributed by atoms with van der Waals surface area (Å²) in [4.78, 5) is 12.1. The van der Waals surface area contributed by atoms with Gasteiger partial charge in [0.05, 0.1) is 6.04 Å². The number of tetrazole rings is 1. The monoisotopic (exact) mass is 288 g/mol. The van der Waals surface area contributed by atoms with Crippen LogP contribution in [0.1, 0.15) is 20.3 Å². The van der Waals surface area contributed by atoms with E-state index < -0.39 is 6.04 Å². The van der Waals surface area contributed by atoms with E-state index in [1.54, 1.807) is 11.7 Å². The lowest BCUT2D eigenvalue weighted by Gasteiger charge is -2.17. The number of hydrogen-bond donors (Lipinski definition) is 2. The molecule has 2 atom stereocenters. The van der Waals surface area contributed by atoms with Crippen molar-refractivity contribution >= 4 is 11.6 Å². The lowest BCUT2D eigenvalue weighted by atomic mass is 9.99. The maximum atomic E-state index is 12.1. The van der Waals surface area contributed by atoms with Crippen molar-refractivity contribution in [1.82, 2.24) is 20.2 Å². The second-order valence-corrected chi connectivity index (χ2v) is 5.11. The van der Waals surface area contributed by atoms with Crippen molar-refractivity contribution in [3.63, 3.8) is 0 Å². The van der Waals surface area contributed by atoms with Gasteiger partial charge in [-0.05, 0) is 28.5 Å². The Morgan fingerprint density at radius 2 is 2.24 bits per heavy atom. The fraction of sp³-hybridized carbons (Fsp3) is 0.429. The largest absolute Gasteiger partial charge is 0.325 e. The highest BCUT2D eigenvalue weighted by molar-refractivity contribution is 5.95. The molecule has 112 valence electrons. The minimum absolute atomic E-state index is 0.135. The van der Waals surface area contributed by atoms with E-state index in [1.165, 1.54) is 0 Å². The molecule has 0 aliphatic heterocycles. The molecule has 0 spiro atoms. The van der Waals surface area contributed by atoms with E-state index in [4.69, 9.17) is 5.73 Å². The summed E-state index contributed by atoms with van der Waals surface area (Å²) in [6.45, 7) is 3.98. The lowest BCUT2D eigenvalue weighted by Crippen LogP contribution is -2.40. The number of nitrogens with zero attached hydrogens (tertiary/aromatic N) is 4. The second-order valence-electron chi connectivity index (χ2n) is 5.11. The number of rotatable bonds is 5. The predicted octanol–water partition coefficient (Wildman–Crippen LogP) is 1.19. The van der Waals surface area contributed by atoms with E-state index in [0.717, 1.165) is 12.0 Å². The molecule has 0 aliphatic rings. The fourth-order valence-electron chi connectivity index (χ4n) is 1.95. The van der Waals surface area contributed by atoms with Gasteiger partial charge < -0.3 is 11.1 Å². The Kier molecular flexibility index (Phi) is 4.64. The summed E-state index contributed by atoms with van der Waals surface area (Å²) >= 11 is 0. The molecule has 1 aromatic heterocycles. The maximum Gasteiger partial charge on any atom is 0.241 e. The van der Waals surface area contributed by atoms with Gasteiger partial charge in [0, 0.05) is 18.3 Å². The molecule has 7 heteroatoms. The van der Waals surface area contributed by atoms with Gasteiger partial charge in [-0.15, -0.1) is 5.10 Å². The molecule has 0 fully saturated rings. The van der Waals surface area contributed by atoms with Crippen LogP contribution < -0.4 is 11.1 Å². The van der Waals surface area contributed by atoms with Gasteiger partial charge in [-0.3, -0.25) is 4.79 Å². The summed E-state index contributed by atoms with van der Waals surface area (Å²) in [6, 6.07) is 6.85. The van der Waals surface area contributed by atoms with Crippen LogP contribution >= 0.6 is 0 Å². The van der Waals surface area contributed by atoms with Gasteiger partial charge in [-0.25, -0.2) is 4.68 Å². The third-order valence-corrected chi connectivity index (χ3v) is 3.57. The first kappa shape index (κ1) is 15.1. The first-order valence-electron chi connectivity index (χ1n) is 6.92. The highest BCUT2D eigenvalue weighted by atomic mass is 16.2. The van der Waals surface area contributed by atoms with Crippen molar-refractivity contribution < 1.29 is 4.79 Å². The molecule has 1 amide bonds. The predicted molar refractivity (Wildman–Crippen MR) is 80.3 cm³/mol. The Bertz CT molecular complexity index is 623. The topological polar surface area (TPSA) is 98.7 Å². The van der Waals surface area contributed by atoms with Crippen molar-refractivity contribution in [2.75, 3.05) is 5.32 Å². The van der Waals surface area contributed by atoms with Crippen molar-refractivity contribution in [3.8, 4) is 11.4 Å². The second kappa shape index (κ2) is 6.45. The van der Waals surface area contributed by atoms with Crippen LogP contribution in [0.4, 0.5) is 5.69 Å². The molecule has 21 heavy (non-hydrogen) atoms. The standard InChI is InChI=1S/C14H20N6O/c1-4-9(2)12(15)14(21)16-11-7-5-6-10(8-11)13-17-18-19-20(13)3/h5-9,12H,4,15H2,1-3H3,(H,16,21)/t9-,12-/m0/s1.